The predicted octanol–water partition coefficient (Wildman–Crippen LogP) is 13.7. The molecule has 1 unspecified atom stereocenters. The molecule has 0 N–H and O–H groups in total. The van der Waals surface area contributed by atoms with Gasteiger partial charge in [0, 0.05) is 19.3 Å². The molecule has 0 rings (SSSR count). The van der Waals surface area contributed by atoms with Crippen LogP contribution in [-0.4, -0.2) is 37.2 Å². The van der Waals surface area contributed by atoms with E-state index in [2.05, 4.69) is 93.7 Å². The standard InChI is InChI=1S/C48H78O6/c1-4-7-10-13-16-18-20-21-22-23-24-25-26-27-28-30-32-35-38-41-47(50)53-44-45(43-52-46(49)40-37-34-31-15-12-9-6-3)54-48(51)42-39-36-33-29-19-17-14-11-8-5-2/h7,10-11,14,16,18,21-22,24-25,27-28,32,35,45H,4-6,8-9,12-13,15,17,19-20,23,26,29-31,33-34,36-44H2,1-3H3/b10-7-,14-11-,18-16-,22-21-,25-24-,28-27-,35-32-. The third-order valence-electron chi connectivity index (χ3n) is 8.63. The fourth-order valence-corrected chi connectivity index (χ4v) is 5.41. The minimum absolute atomic E-state index is 0.104. The summed E-state index contributed by atoms with van der Waals surface area (Å²) in [5.41, 5.74) is 0. The molecule has 0 aliphatic rings. The summed E-state index contributed by atoms with van der Waals surface area (Å²) < 4.78 is 16.5. The van der Waals surface area contributed by atoms with Crippen molar-refractivity contribution in [1.29, 1.82) is 0 Å². The maximum Gasteiger partial charge on any atom is 0.306 e. The molecule has 0 heterocycles. The maximum absolute atomic E-state index is 12.6. The number of hydrogen-bond donors (Lipinski definition) is 0. The number of carbonyl (C=O) groups is 3. The Kier molecular flexibility index (Phi) is 39.7. The molecule has 0 aromatic rings. The Balaban J connectivity index is 4.43. The first-order chi connectivity index (χ1) is 26.5. The number of ether oxygens (including phenoxy) is 3. The van der Waals surface area contributed by atoms with Gasteiger partial charge < -0.3 is 14.2 Å². The zero-order chi connectivity index (χ0) is 39.4. The van der Waals surface area contributed by atoms with E-state index >= 15 is 0 Å². The minimum Gasteiger partial charge on any atom is -0.462 e. The molecule has 0 aromatic heterocycles. The summed E-state index contributed by atoms with van der Waals surface area (Å²) in [5, 5.41) is 0. The molecule has 0 aliphatic heterocycles. The average molecular weight is 751 g/mol. The van der Waals surface area contributed by atoms with Crippen molar-refractivity contribution in [2.24, 2.45) is 0 Å². The second-order valence-electron chi connectivity index (χ2n) is 13.9. The quantitative estimate of drug-likeness (QED) is 0.0272. The van der Waals surface area contributed by atoms with E-state index in [-0.39, 0.29) is 37.5 Å². The maximum atomic E-state index is 12.6. The van der Waals surface area contributed by atoms with Crippen LogP contribution in [0, 0.1) is 0 Å². The highest BCUT2D eigenvalue weighted by atomic mass is 16.6. The van der Waals surface area contributed by atoms with Gasteiger partial charge in [0.1, 0.15) is 13.2 Å². The summed E-state index contributed by atoms with van der Waals surface area (Å²) in [6.45, 7) is 6.31. The van der Waals surface area contributed by atoms with Gasteiger partial charge in [-0.3, -0.25) is 14.4 Å². The van der Waals surface area contributed by atoms with Crippen LogP contribution in [0.3, 0.4) is 0 Å². The Hall–Kier alpha value is -3.41. The number of esters is 3. The molecule has 0 spiro atoms. The van der Waals surface area contributed by atoms with E-state index in [4.69, 9.17) is 14.2 Å². The summed E-state index contributed by atoms with van der Waals surface area (Å²) >= 11 is 0. The summed E-state index contributed by atoms with van der Waals surface area (Å²) in [6.07, 6.45) is 53.1. The molecule has 1 atom stereocenters. The van der Waals surface area contributed by atoms with Gasteiger partial charge in [-0.05, 0) is 77.0 Å². The second kappa shape index (κ2) is 42.3. The third kappa shape index (κ3) is 39.8. The van der Waals surface area contributed by atoms with Crippen molar-refractivity contribution in [3.05, 3.63) is 85.1 Å². The Morgan fingerprint density at radius 1 is 0.389 bits per heavy atom. The molecular weight excluding hydrogens is 673 g/mol. The molecular formula is C48H78O6. The molecule has 0 saturated carbocycles. The lowest BCUT2D eigenvalue weighted by Crippen LogP contribution is -2.30. The van der Waals surface area contributed by atoms with Gasteiger partial charge in [0.25, 0.3) is 0 Å². The van der Waals surface area contributed by atoms with Gasteiger partial charge in [-0.1, -0.05) is 170 Å². The van der Waals surface area contributed by atoms with Gasteiger partial charge >= 0.3 is 17.9 Å². The number of allylic oxidation sites excluding steroid dienone is 14. The fraction of sp³-hybridized carbons (Fsp3) is 0.646. The highest BCUT2D eigenvalue weighted by Crippen LogP contribution is 2.12. The number of rotatable bonds is 37. The van der Waals surface area contributed by atoms with Crippen LogP contribution in [0.5, 0.6) is 0 Å². The van der Waals surface area contributed by atoms with E-state index in [0.29, 0.717) is 19.3 Å². The topological polar surface area (TPSA) is 78.9 Å². The zero-order valence-corrected chi connectivity index (χ0v) is 34.7. The minimum atomic E-state index is -0.805. The molecule has 0 amide bonds. The van der Waals surface area contributed by atoms with E-state index < -0.39 is 6.10 Å². The molecule has 0 fully saturated rings. The van der Waals surface area contributed by atoms with Crippen molar-refractivity contribution in [1.82, 2.24) is 0 Å². The van der Waals surface area contributed by atoms with Gasteiger partial charge in [0.05, 0.1) is 0 Å². The molecule has 6 heteroatoms. The molecule has 0 radical (unpaired) electrons. The van der Waals surface area contributed by atoms with E-state index in [9.17, 15) is 14.4 Å². The Morgan fingerprint density at radius 2 is 0.796 bits per heavy atom. The van der Waals surface area contributed by atoms with Gasteiger partial charge in [0.2, 0.25) is 0 Å². The van der Waals surface area contributed by atoms with Crippen LogP contribution in [0.25, 0.3) is 0 Å². The highest BCUT2D eigenvalue weighted by Gasteiger charge is 2.19. The molecule has 0 aromatic carbocycles. The highest BCUT2D eigenvalue weighted by molar-refractivity contribution is 5.71. The molecule has 0 saturated heterocycles. The Morgan fingerprint density at radius 3 is 1.31 bits per heavy atom. The van der Waals surface area contributed by atoms with Crippen LogP contribution >= 0.6 is 0 Å². The lowest BCUT2D eigenvalue weighted by molar-refractivity contribution is -0.166. The third-order valence-corrected chi connectivity index (χ3v) is 8.63. The summed E-state index contributed by atoms with van der Waals surface area (Å²) in [4.78, 5) is 37.5. The second-order valence-corrected chi connectivity index (χ2v) is 13.9. The first-order valence-corrected chi connectivity index (χ1v) is 21.6. The van der Waals surface area contributed by atoms with Crippen LogP contribution in [0.1, 0.15) is 181 Å². The van der Waals surface area contributed by atoms with Crippen molar-refractivity contribution >= 4 is 17.9 Å². The lowest BCUT2D eigenvalue weighted by atomic mass is 10.1. The average Bonchev–Trinajstić information content (AvgIpc) is 3.17. The van der Waals surface area contributed by atoms with Crippen LogP contribution in [-0.2, 0) is 28.6 Å². The summed E-state index contributed by atoms with van der Waals surface area (Å²) in [6, 6.07) is 0. The zero-order valence-electron chi connectivity index (χ0n) is 34.7. The molecule has 306 valence electrons. The molecule has 0 bridgehead atoms. The van der Waals surface area contributed by atoms with Gasteiger partial charge in [-0.25, -0.2) is 0 Å². The smallest absolute Gasteiger partial charge is 0.306 e. The van der Waals surface area contributed by atoms with Crippen LogP contribution in [0.2, 0.25) is 0 Å². The molecule has 6 nitrogen and oxygen atoms in total. The van der Waals surface area contributed by atoms with Crippen molar-refractivity contribution in [3.63, 3.8) is 0 Å². The molecule has 0 aliphatic carbocycles. The molecule has 54 heavy (non-hydrogen) atoms. The van der Waals surface area contributed by atoms with E-state index in [1.165, 1.54) is 38.5 Å². The van der Waals surface area contributed by atoms with Gasteiger partial charge in [-0.2, -0.15) is 0 Å². The lowest BCUT2D eigenvalue weighted by Gasteiger charge is -2.18. The number of carbonyl (C=O) groups excluding carboxylic acids is 3. The van der Waals surface area contributed by atoms with Crippen molar-refractivity contribution in [3.8, 4) is 0 Å². The number of unbranched alkanes of at least 4 members (excludes halogenated alkanes) is 12. The summed E-state index contributed by atoms with van der Waals surface area (Å²) in [7, 11) is 0. The van der Waals surface area contributed by atoms with E-state index in [1.807, 2.05) is 12.2 Å². The predicted molar refractivity (Wildman–Crippen MR) is 228 cm³/mol. The largest absolute Gasteiger partial charge is 0.462 e. The van der Waals surface area contributed by atoms with Crippen molar-refractivity contribution in [2.45, 2.75) is 187 Å². The Bertz CT molecular complexity index is 1090. The fourth-order valence-electron chi connectivity index (χ4n) is 5.41. The number of hydrogen-bond acceptors (Lipinski definition) is 6. The van der Waals surface area contributed by atoms with Gasteiger partial charge in [0.15, 0.2) is 6.10 Å². The monoisotopic (exact) mass is 751 g/mol. The van der Waals surface area contributed by atoms with Crippen LogP contribution < -0.4 is 0 Å². The van der Waals surface area contributed by atoms with E-state index in [1.54, 1.807) is 0 Å². The normalized spacial score (nSPS) is 12.9. The van der Waals surface area contributed by atoms with Crippen molar-refractivity contribution in [2.75, 3.05) is 13.2 Å². The van der Waals surface area contributed by atoms with Gasteiger partial charge in [-0.15, -0.1) is 0 Å². The first-order valence-electron chi connectivity index (χ1n) is 21.6. The van der Waals surface area contributed by atoms with Crippen molar-refractivity contribution < 1.29 is 28.6 Å². The summed E-state index contributed by atoms with van der Waals surface area (Å²) in [5.74, 6) is -1.02. The first kappa shape index (κ1) is 50.6. The SMILES string of the molecule is CC/C=C\C/C=C\C/C=C\C/C=C\C/C=C\C/C=C\CCC(=O)OCC(COC(=O)CCCCCCCCC)OC(=O)CCCCCCC/C=C\CCC. The van der Waals surface area contributed by atoms with Crippen LogP contribution in [0.4, 0.5) is 0 Å². The van der Waals surface area contributed by atoms with E-state index in [0.717, 1.165) is 96.3 Å². The van der Waals surface area contributed by atoms with Crippen LogP contribution in [0.15, 0.2) is 85.1 Å². The Labute approximate surface area is 331 Å².